The second kappa shape index (κ2) is 5.14. The van der Waals surface area contributed by atoms with Crippen molar-refractivity contribution in [2.45, 2.75) is 11.4 Å². The lowest BCUT2D eigenvalue weighted by molar-refractivity contribution is 0.601. The highest BCUT2D eigenvalue weighted by Crippen LogP contribution is 2.18. The Balaban J connectivity index is 2.20. The molecule has 0 atom stereocenters. The second-order valence-corrected chi connectivity index (χ2v) is 5.82. The van der Waals surface area contributed by atoms with Crippen molar-refractivity contribution in [2.75, 3.05) is 11.6 Å². The van der Waals surface area contributed by atoms with Gasteiger partial charge in [-0.1, -0.05) is 6.07 Å². The van der Waals surface area contributed by atoms with Gasteiger partial charge in [-0.25, -0.2) is 13.4 Å². The van der Waals surface area contributed by atoms with Crippen LogP contribution in [0.25, 0.3) is 0 Å². The van der Waals surface area contributed by atoms with Crippen LogP contribution in [0.5, 0.6) is 0 Å². The van der Waals surface area contributed by atoms with Crippen LogP contribution in [0.2, 0.25) is 0 Å². The number of hydrogen-bond donors (Lipinski definition) is 1. The third kappa shape index (κ3) is 3.04. The number of aromatic nitrogens is 2. The number of nitrogens with zero attached hydrogens (tertiary/aromatic N) is 2. The van der Waals surface area contributed by atoms with Gasteiger partial charge in [0.25, 0.3) is 0 Å². The Morgan fingerprint density at radius 1 is 1.22 bits per heavy atom. The maximum Gasteiger partial charge on any atom is 0.179 e. The number of anilines is 1. The molecule has 0 aliphatic heterocycles. The topological polar surface area (TPSA) is 72.0 Å². The highest BCUT2D eigenvalue weighted by molar-refractivity contribution is 7.90. The minimum absolute atomic E-state index is 0.203. The Hall–Kier alpha value is -1.95. The molecule has 6 heteroatoms. The second-order valence-electron chi connectivity index (χ2n) is 3.84. The van der Waals surface area contributed by atoms with Crippen LogP contribution in [0.15, 0.2) is 47.8 Å². The first-order chi connectivity index (χ1) is 8.57. The molecule has 0 amide bonds. The SMILES string of the molecule is CS(=O)(=O)c1cccnc1NCc1cccnc1. The van der Waals surface area contributed by atoms with Gasteiger partial charge >= 0.3 is 0 Å². The lowest BCUT2D eigenvalue weighted by Gasteiger charge is -2.09. The summed E-state index contributed by atoms with van der Waals surface area (Å²) in [7, 11) is -3.28. The lowest BCUT2D eigenvalue weighted by Crippen LogP contribution is -2.07. The molecule has 2 aromatic rings. The number of hydrogen-bond acceptors (Lipinski definition) is 5. The highest BCUT2D eigenvalue weighted by atomic mass is 32.2. The number of pyridine rings is 2. The van der Waals surface area contributed by atoms with Crippen molar-refractivity contribution in [3.8, 4) is 0 Å². The third-order valence-corrected chi connectivity index (χ3v) is 3.48. The fourth-order valence-corrected chi connectivity index (χ4v) is 2.31. The maximum atomic E-state index is 11.6. The Morgan fingerprint density at radius 3 is 2.67 bits per heavy atom. The summed E-state index contributed by atoms with van der Waals surface area (Å²) in [4.78, 5) is 8.24. The smallest absolute Gasteiger partial charge is 0.179 e. The molecule has 0 saturated carbocycles. The molecular weight excluding hydrogens is 250 g/mol. The molecule has 0 unspecified atom stereocenters. The highest BCUT2D eigenvalue weighted by Gasteiger charge is 2.13. The summed E-state index contributed by atoms with van der Waals surface area (Å²) in [6.45, 7) is 0.480. The fourth-order valence-electron chi connectivity index (χ4n) is 1.51. The van der Waals surface area contributed by atoms with Crippen LogP contribution < -0.4 is 5.32 Å². The average molecular weight is 263 g/mol. The molecule has 5 nitrogen and oxygen atoms in total. The van der Waals surface area contributed by atoms with Gasteiger partial charge < -0.3 is 5.32 Å². The van der Waals surface area contributed by atoms with E-state index in [4.69, 9.17) is 0 Å². The van der Waals surface area contributed by atoms with E-state index in [1.807, 2.05) is 12.1 Å². The first kappa shape index (κ1) is 12.5. The number of nitrogens with one attached hydrogen (secondary N) is 1. The van der Waals surface area contributed by atoms with Crippen molar-refractivity contribution >= 4 is 15.7 Å². The predicted molar refractivity (Wildman–Crippen MR) is 68.9 cm³/mol. The van der Waals surface area contributed by atoms with Crippen molar-refractivity contribution in [3.63, 3.8) is 0 Å². The summed E-state index contributed by atoms with van der Waals surface area (Å²) in [6, 6.07) is 6.87. The van der Waals surface area contributed by atoms with Crippen molar-refractivity contribution in [3.05, 3.63) is 48.4 Å². The standard InChI is InChI=1S/C12H13N3O2S/c1-18(16,17)11-5-3-7-14-12(11)15-9-10-4-2-6-13-8-10/h2-8H,9H2,1H3,(H,14,15). The third-order valence-electron chi connectivity index (χ3n) is 2.35. The summed E-state index contributed by atoms with van der Waals surface area (Å²) in [6.07, 6.45) is 6.13. The molecule has 0 radical (unpaired) electrons. The Labute approximate surface area is 106 Å². The van der Waals surface area contributed by atoms with E-state index in [0.29, 0.717) is 12.4 Å². The van der Waals surface area contributed by atoms with Gasteiger partial charge in [0.05, 0.1) is 0 Å². The first-order valence-corrected chi connectivity index (χ1v) is 7.24. The zero-order valence-corrected chi connectivity index (χ0v) is 10.7. The van der Waals surface area contributed by atoms with Crippen LogP contribution in [-0.2, 0) is 16.4 Å². The Kier molecular flexibility index (Phi) is 3.57. The molecular formula is C12H13N3O2S. The predicted octanol–water partition coefficient (Wildman–Crippen LogP) is 1.49. The van der Waals surface area contributed by atoms with Crippen LogP contribution in [-0.4, -0.2) is 24.6 Å². The molecule has 0 saturated heterocycles. The van der Waals surface area contributed by atoms with Gasteiger partial charge in [0, 0.05) is 31.4 Å². The first-order valence-electron chi connectivity index (χ1n) is 5.35. The van der Waals surface area contributed by atoms with Gasteiger partial charge in [0.1, 0.15) is 10.7 Å². The molecule has 0 bridgehead atoms. The molecule has 2 aromatic heterocycles. The largest absolute Gasteiger partial charge is 0.365 e. The van der Waals surface area contributed by atoms with Crippen molar-refractivity contribution in [1.29, 1.82) is 0 Å². The summed E-state index contributed by atoms with van der Waals surface area (Å²) < 4.78 is 23.1. The lowest BCUT2D eigenvalue weighted by atomic mass is 10.3. The molecule has 2 rings (SSSR count). The van der Waals surface area contributed by atoms with Crippen LogP contribution in [0.3, 0.4) is 0 Å². The van der Waals surface area contributed by atoms with E-state index in [9.17, 15) is 8.42 Å². The Morgan fingerprint density at radius 2 is 2.00 bits per heavy atom. The normalized spacial score (nSPS) is 11.2. The summed E-state index contributed by atoms with van der Waals surface area (Å²) >= 11 is 0. The van der Waals surface area contributed by atoms with E-state index < -0.39 is 9.84 Å². The summed E-state index contributed by atoms with van der Waals surface area (Å²) in [5.41, 5.74) is 0.961. The molecule has 0 fully saturated rings. The Bertz CT molecular complexity index is 627. The zero-order valence-electron chi connectivity index (χ0n) is 9.87. The minimum Gasteiger partial charge on any atom is -0.365 e. The van der Waals surface area contributed by atoms with Crippen LogP contribution in [0, 0.1) is 0 Å². The van der Waals surface area contributed by atoms with Crippen molar-refractivity contribution in [2.24, 2.45) is 0 Å². The summed E-state index contributed by atoms with van der Waals surface area (Å²) in [5.74, 6) is 0.365. The van der Waals surface area contributed by atoms with Crippen molar-refractivity contribution in [1.82, 2.24) is 9.97 Å². The van der Waals surface area contributed by atoms with Crippen molar-refractivity contribution < 1.29 is 8.42 Å². The van der Waals surface area contributed by atoms with Gasteiger partial charge in [0.15, 0.2) is 9.84 Å². The van der Waals surface area contributed by atoms with E-state index in [-0.39, 0.29) is 4.90 Å². The molecule has 0 aliphatic rings. The van der Waals surface area contributed by atoms with Gasteiger partial charge in [-0.3, -0.25) is 4.98 Å². The van der Waals surface area contributed by atoms with Crippen LogP contribution in [0.1, 0.15) is 5.56 Å². The number of sulfone groups is 1. The summed E-state index contributed by atoms with van der Waals surface area (Å²) in [5, 5.41) is 3.01. The van der Waals surface area contributed by atoms with Gasteiger partial charge in [-0.2, -0.15) is 0 Å². The molecule has 1 N–H and O–H groups in total. The minimum atomic E-state index is -3.28. The molecule has 94 valence electrons. The monoisotopic (exact) mass is 263 g/mol. The molecule has 18 heavy (non-hydrogen) atoms. The van der Waals surface area contributed by atoms with E-state index in [1.54, 1.807) is 24.7 Å². The van der Waals surface area contributed by atoms with Gasteiger partial charge in [-0.05, 0) is 23.8 Å². The van der Waals surface area contributed by atoms with E-state index >= 15 is 0 Å². The molecule has 0 aliphatic carbocycles. The maximum absolute atomic E-state index is 11.6. The average Bonchev–Trinajstić information content (AvgIpc) is 2.37. The van der Waals surface area contributed by atoms with E-state index in [2.05, 4.69) is 15.3 Å². The van der Waals surface area contributed by atoms with Gasteiger partial charge in [-0.15, -0.1) is 0 Å². The van der Waals surface area contributed by atoms with E-state index in [0.717, 1.165) is 5.56 Å². The molecule has 0 aromatic carbocycles. The quantitative estimate of drug-likeness (QED) is 0.905. The van der Waals surface area contributed by atoms with Crippen LogP contribution in [0.4, 0.5) is 5.82 Å². The number of rotatable bonds is 4. The fraction of sp³-hybridized carbons (Fsp3) is 0.167. The van der Waals surface area contributed by atoms with Crippen LogP contribution >= 0.6 is 0 Å². The molecule has 2 heterocycles. The van der Waals surface area contributed by atoms with E-state index in [1.165, 1.54) is 12.3 Å². The van der Waals surface area contributed by atoms with Gasteiger partial charge in [0.2, 0.25) is 0 Å². The molecule has 0 spiro atoms. The zero-order chi connectivity index (χ0) is 13.0.